The Balaban J connectivity index is 2.00. The highest BCUT2D eigenvalue weighted by molar-refractivity contribution is 7.81. The minimum absolute atomic E-state index is 0.0418. The minimum Gasteiger partial charge on any atom is -0.502 e. The zero-order valence-electron chi connectivity index (χ0n) is 17.7. The van der Waals surface area contributed by atoms with Crippen LogP contribution in [0, 0.1) is 0 Å². The number of methoxy groups -OCH3 is 1. The summed E-state index contributed by atoms with van der Waals surface area (Å²) in [6, 6.07) is 21.1. The molecule has 2 aromatic carbocycles. The third kappa shape index (κ3) is 5.05. The fourth-order valence-corrected chi connectivity index (χ4v) is 3.34. The number of aliphatic hydroxyl groups excluding tert-OH is 1. The number of rotatable bonds is 5. The summed E-state index contributed by atoms with van der Waals surface area (Å²) >= 11 is 5.68. The molecule has 30 heavy (non-hydrogen) atoms. The van der Waals surface area contributed by atoms with Gasteiger partial charge in [0.2, 0.25) is 0 Å². The first-order valence-corrected chi connectivity index (χ1v) is 10.2. The van der Waals surface area contributed by atoms with Crippen LogP contribution in [0.2, 0.25) is 0 Å². The summed E-state index contributed by atoms with van der Waals surface area (Å²) in [6.45, 7) is 6.49. The van der Waals surface area contributed by atoms with Crippen molar-refractivity contribution in [3.63, 3.8) is 0 Å². The molecule has 0 atom stereocenters. The van der Waals surface area contributed by atoms with Crippen LogP contribution < -0.4 is 14.6 Å². The number of thiocarbonyl (C=S) groups is 1. The molecule has 0 aliphatic rings. The number of nitrogens with zero attached hydrogens (tertiary/aromatic N) is 1. The number of hydrogen-bond donors (Lipinski definition) is 2. The summed E-state index contributed by atoms with van der Waals surface area (Å²) < 4.78 is 7.02. The molecule has 0 spiro atoms. The van der Waals surface area contributed by atoms with Crippen molar-refractivity contribution in [2.24, 2.45) is 0 Å². The summed E-state index contributed by atoms with van der Waals surface area (Å²) in [5.41, 5.74) is 3.26. The monoisotopic (exact) mass is 419 g/mol. The second-order valence-electron chi connectivity index (χ2n) is 7.99. The van der Waals surface area contributed by atoms with E-state index in [0.29, 0.717) is 16.2 Å². The molecule has 4 nitrogen and oxygen atoms in total. The smallest absolute Gasteiger partial charge is 0.288 e. The highest BCUT2D eigenvalue weighted by Crippen LogP contribution is 2.25. The van der Waals surface area contributed by atoms with Crippen LogP contribution in [-0.4, -0.2) is 17.2 Å². The summed E-state index contributed by atoms with van der Waals surface area (Å²) in [5.74, 6) is 0.874. The Morgan fingerprint density at radius 3 is 2.07 bits per heavy atom. The van der Waals surface area contributed by atoms with E-state index in [2.05, 4.69) is 26.1 Å². The molecular formula is C25H27N2O2S+. The highest BCUT2D eigenvalue weighted by atomic mass is 32.1. The Morgan fingerprint density at radius 1 is 0.933 bits per heavy atom. The first kappa shape index (κ1) is 21.5. The molecule has 0 radical (unpaired) electrons. The number of anilines is 1. The predicted octanol–water partition coefficient (Wildman–Crippen LogP) is 5.60. The van der Waals surface area contributed by atoms with E-state index in [0.717, 1.165) is 11.4 Å². The van der Waals surface area contributed by atoms with Crippen LogP contribution in [0.3, 0.4) is 0 Å². The van der Waals surface area contributed by atoms with E-state index in [-0.39, 0.29) is 11.2 Å². The van der Waals surface area contributed by atoms with E-state index in [1.807, 2.05) is 83.7 Å². The number of hydrogen-bond acceptors (Lipinski definition) is 3. The normalized spacial score (nSPS) is 12.1. The summed E-state index contributed by atoms with van der Waals surface area (Å²) in [6.07, 6.45) is 3.72. The lowest BCUT2D eigenvalue weighted by Crippen LogP contribution is -2.38. The van der Waals surface area contributed by atoms with Crippen LogP contribution in [0.15, 0.2) is 79.1 Å². The van der Waals surface area contributed by atoms with Gasteiger partial charge in [-0.05, 0) is 35.2 Å². The van der Waals surface area contributed by atoms with Crippen molar-refractivity contribution in [1.29, 1.82) is 0 Å². The lowest BCUT2D eigenvalue weighted by Gasteiger charge is -2.19. The largest absolute Gasteiger partial charge is 0.502 e. The van der Waals surface area contributed by atoms with Gasteiger partial charge in [0.15, 0.2) is 23.1 Å². The summed E-state index contributed by atoms with van der Waals surface area (Å²) in [5, 5.41) is 14.4. The molecule has 5 heteroatoms. The predicted molar refractivity (Wildman–Crippen MR) is 127 cm³/mol. The zero-order valence-corrected chi connectivity index (χ0v) is 18.5. The molecule has 3 aromatic rings. The topological polar surface area (TPSA) is 45.4 Å². The van der Waals surface area contributed by atoms with E-state index < -0.39 is 0 Å². The molecule has 0 unspecified atom stereocenters. The summed E-state index contributed by atoms with van der Waals surface area (Å²) in [7, 11) is 1.63. The average molecular weight is 420 g/mol. The fourth-order valence-electron chi connectivity index (χ4n) is 3.02. The van der Waals surface area contributed by atoms with E-state index in [1.54, 1.807) is 7.11 Å². The maximum absolute atomic E-state index is 11.2. The third-order valence-corrected chi connectivity index (χ3v) is 5.08. The maximum atomic E-state index is 11.2. The number of benzene rings is 2. The number of aliphatic hydroxyl groups is 1. The number of pyridine rings is 1. The lowest BCUT2D eigenvalue weighted by atomic mass is 9.86. The molecule has 0 aliphatic heterocycles. The molecule has 1 aromatic heterocycles. The average Bonchev–Trinajstić information content (AvgIpc) is 2.74. The second-order valence-corrected chi connectivity index (χ2v) is 8.40. The molecule has 3 rings (SSSR count). The molecule has 2 N–H and O–H groups in total. The van der Waals surface area contributed by atoms with Gasteiger partial charge < -0.3 is 15.2 Å². The van der Waals surface area contributed by atoms with Gasteiger partial charge in [-0.2, -0.15) is 4.57 Å². The maximum Gasteiger partial charge on any atom is 0.288 e. The molecule has 0 bridgehead atoms. The third-order valence-electron chi connectivity index (χ3n) is 4.79. The van der Waals surface area contributed by atoms with Crippen molar-refractivity contribution < 1.29 is 14.4 Å². The van der Waals surface area contributed by atoms with Gasteiger partial charge in [-0.15, -0.1) is 0 Å². The van der Waals surface area contributed by atoms with Crippen molar-refractivity contribution in [3.8, 4) is 5.75 Å². The Morgan fingerprint density at radius 2 is 1.53 bits per heavy atom. The molecule has 154 valence electrons. The first-order chi connectivity index (χ1) is 14.3. The van der Waals surface area contributed by atoms with Gasteiger partial charge in [-0.1, -0.05) is 63.3 Å². The molecule has 0 saturated heterocycles. The molecule has 0 amide bonds. The second kappa shape index (κ2) is 9.09. The van der Waals surface area contributed by atoms with Gasteiger partial charge in [0.1, 0.15) is 5.75 Å². The van der Waals surface area contributed by atoms with Crippen molar-refractivity contribution in [1.82, 2.24) is 0 Å². The Kier molecular flexibility index (Phi) is 6.53. The van der Waals surface area contributed by atoms with Crippen molar-refractivity contribution in [2.45, 2.75) is 26.2 Å². The fraction of sp³-hybridized carbons (Fsp3) is 0.200. The van der Waals surface area contributed by atoms with Crippen LogP contribution >= 0.6 is 12.2 Å². The van der Waals surface area contributed by atoms with Crippen LogP contribution in [0.5, 0.6) is 5.75 Å². The van der Waals surface area contributed by atoms with Gasteiger partial charge >= 0.3 is 0 Å². The van der Waals surface area contributed by atoms with E-state index in [4.69, 9.17) is 17.0 Å². The molecule has 0 saturated carbocycles. The van der Waals surface area contributed by atoms with Gasteiger partial charge in [-0.25, -0.2) is 0 Å². The van der Waals surface area contributed by atoms with Gasteiger partial charge in [0.25, 0.3) is 5.70 Å². The van der Waals surface area contributed by atoms with Gasteiger partial charge in [0, 0.05) is 23.4 Å². The Hall–Kier alpha value is -3.18. The molecule has 0 fully saturated rings. The van der Waals surface area contributed by atoms with Crippen LogP contribution in [0.4, 0.5) is 5.69 Å². The minimum atomic E-state index is 0.0418. The quantitative estimate of drug-likeness (QED) is 0.244. The standard InChI is InChI=1S/C25H26N2O2S/c1-25(2,3)19-10-8-18(9-11-19)23(28)22(27-16-6-5-7-17-27)24(30)26-20-12-14-21(29-4)15-13-20/h5-17H,1-4H3,(H-,26,28,30)/p+1. The molecule has 0 aliphatic carbocycles. The van der Waals surface area contributed by atoms with Crippen LogP contribution in [-0.2, 0) is 5.41 Å². The molecule has 1 heterocycles. The van der Waals surface area contributed by atoms with Crippen LogP contribution in [0.25, 0.3) is 11.5 Å². The van der Waals surface area contributed by atoms with E-state index in [9.17, 15) is 5.11 Å². The lowest BCUT2D eigenvalue weighted by molar-refractivity contribution is -0.575. The van der Waals surface area contributed by atoms with E-state index in [1.165, 1.54) is 5.56 Å². The van der Waals surface area contributed by atoms with Crippen molar-refractivity contribution in [3.05, 3.63) is 90.3 Å². The van der Waals surface area contributed by atoms with Gasteiger partial charge in [0.05, 0.1) is 7.11 Å². The number of ether oxygens (including phenoxy) is 1. The Labute approximate surface area is 183 Å². The zero-order chi connectivity index (χ0) is 21.7. The highest BCUT2D eigenvalue weighted by Gasteiger charge is 2.24. The number of nitrogens with one attached hydrogen (secondary N) is 1. The number of aromatic nitrogens is 1. The van der Waals surface area contributed by atoms with Gasteiger partial charge in [-0.3, -0.25) is 0 Å². The Bertz CT molecular complexity index is 1040. The SMILES string of the molecule is COc1ccc(NC(=S)/C(=C(\O)c2ccc(C(C)(C)C)cc2)[n+]2ccccc2)cc1. The summed E-state index contributed by atoms with van der Waals surface area (Å²) in [4.78, 5) is 0.411. The molecular weight excluding hydrogens is 392 g/mol. The first-order valence-electron chi connectivity index (χ1n) is 9.76. The van der Waals surface area contributed by atoms with Crippen molar-refractivity contribution >= 4 is 34.3 Å². The van der Waals surface area contributed by atoms with E-state index >= 15 is 0 Å². The van der Waals surface area contributed by atoms with Crippen LogP contribution in [0.1, 0.15) is 31.9 Å². The van der Waals surface area contributed by atoms with Crippen molar-refractivity contribution in [2.75, 3.05) is 12.4 Å².